The van der Waals surface area contributed by atoms with Crippen molar-refractivity contribution in [3.8, 4) is 12.3 Å². The van der Waals surface area contributed by atoms with Crippen molar-refractivity contribution < 1.29 is 0 Å². The van der Waals surface area contributed by atoms with Crippen LogP contribution < -0.4 is 0 Å². The molecule has 0 aromatic carbocycles. The lowest BCUT2D eigenvalue weighted by Crippen LogP contribution is -2.05. The molecule has 0 N–H and O–H groups in total. The topological polar surface area (TPSA) is 30.7 Å². The van der Waals surface area contributed by atoms with E-state index in [1.165, 1.54) is 6.33 Å². The first kappa shape index (κ1) is 6.81. The lowest BCUT2D eigenvalue weighted by Gasteiger charge is -2.03. The fraction of sp³-hybridized carbons (Fsp3) is 0.429. The molecule has 0 aliphatic carbocycles. The minimum Gasteiger partial charge on any atom is -0.237 e. The molecule has 3 heteroatoms. The SMILES string of the molecule is C#Cc1ncnn1C(C)C. The Morgan fingerprint density at radius 1 is 1.70 bits per heavy atom. The highest BCUT2D eigenvalue weighted by molar-refractivity contribution is 5.14. The molecule has 1 aromatic heterocycles. The van der Waals surface area contributed by atoms with Crippen molar-refractivity contribution in [2.45, 2.75) is 19.9 Å². The molecular formula is C7H9N3. The lowest BCUT2D eigenvalue weighted by atomic mass is 10.4. The normalized spacial score (nSPS) is 9.80. The summed E-state index contributed by atoms with van der Waals surface area (Å²) in [5.74, 6) is 3.04. The average Bonchev–Trinajstić information content (AvgIpc) is 2.33. The Balaban J connectivity index is 3.05. The van der Waals surface area contributed by atoms with Crippen molar-refractivity contribution >= 4 is 0 Å². The van der Waals surface area contributed by atoms with Crippen molar-refractivity contribution in [1.82, 2.24) is 14.8 Å². The van der Waals surface area contributed by atoms with Gasteiger partial charge in [-0.1, -0.05) is 0 Å². The Hall–Kier alpha value is -1.30. The number of terminal acetylenes is 1. The largest absolute Gasteiger partial charge is 0.237 e. The molecule has 0 bridgehead atoms. The van der Waals surface area contributed by atoms with Crippen LogP contribution in [0.3, 0.4) is 0 Å². The summed E-state index contributed by atoms with van der Waals surface area (Å²) < 4.78 is 1.71. The van der Waals surface area contributed by atoms with Crippen LogP contribution in [-0.2, 0) is 0 Å². The molecule has 0 saturated heterocycles. The summed E-state index contributed by atoms with van der Waals surface area (Å²) in [4.78, 5) is 3.87. The smallest absolute Gasteiger partial charge is 0.203 e. The van der Waals surface area contributed by atoms with E-state index in [9.17, 15) is 0 Å². The van der Waals surface area contributed by atoms with E-state index in [0.717, 1.165) is 0 Å². The van der Waals surface area contributed by atoms with E-state index in [0.29, 0.717) is 5.82 Å². The third-order valence-corrected chi connectivity index (χ3v) is 1.19. The molecule has 1 rings (SSSR count). The van der Waals surface area contributed by atoms with Crippen LogP contribution in [0.4, 0.5) is 0 Å². The molecule has 0 aliphatic rings. The van der Waals surface area contributed by atoms with Gasteiger partial charge in [0, 0.05) is 6.04 Å². The molecule has 1 heterocycles. The summed E-state index contributed by atoms with van der Waals surface area (Å²) in [6.45, 7) is 4.02. The van der Waals surface area contributed by atoms with Crippen molar-refractivity contribution in [1.29, 1.82) is 0 Å². The zero-order valence-electron chi connectivity index (χ0n) is 6.07. The van der Waals surface area contributed by atoms with Crippen LogP contribution in [0.5, 0.6) is 0 Å². The molecule has 10 heavy (non-hydrogen) atoms. The van der Waals surface area contributed by atoms with Gasteiger partial charge in [0.2, 0.25) is 5.82 Å². The second-order valence-electron chi connectivity index (χ2n) is 2.27. The molecule has 52 valence electrons. The van der Waals surface area contributed by atoms with E-state index in [1.807, 2.05) is 13.8 Å². The van der Waals surface area contributed by atoms with Crippen molar-refractivity contribution in [2.75, 3.05) is 0 Å². The van der Waals surface area contributed by atoms with Gasteiger partial charge in [-0.2, -0.15) is 5.10 Å². The molecule has 0 aliphatic heterocycles. The minimum atomic E-state index is 0.286. The number of rotatable bonds is 1. The van der Waals surface area contributed by atoms with Gasteiger partial charge in [0.15, 0.2) is 0 Å². The maximum Gasteiger partial charge on any atom is 0.203 e. The highest BCUT2D eigenvalue weighted by atomic mass is 15.3. The Labute approximate surface area is 60.1 Å². The van der Waals surface area contributed by atoms with Crippen LogP contribution in [-0.4, -0.2) is 14.8 Å². The van der Waals surface area contributed by atoms with Crippen LogP contribution in [0.2, 0.25) is 0 Å². The maximum absolute atomic E-state index is 5.16. The van der Waals surface area contributed by atoms with Gasteiger partial charge in [-0.25, -0.2) is 9.67 Å². The summed E-state index contributed by atoms with van der Waals surface area (Å²) in [5.41, 5.74) is 0. The second kappa shape index (κ2) is 2.53. The van der Waals surface area contributed by atoms with Gasteiger partial charge in [0.1, 0.15) is 6.33 Å². The van der Waals surface area contributed by atoms with E-state index in [2.05, 4.69) is 16.0 Å². The van der Waals surface area contributed by atoms with Crippen molar-refractivity contribution in [3.05, 3.63) is 12.2 Å². The molecule has 1 aromatic rings. The summed E-state index contributed by atoms with van der Waals surface area (Å²) in [6.07, 6.45) is 6.63. The zero-order valence-corrected chi connectivity index (χ0v) is 6.07. The first-order valence-electron chi connectivity index (χ1n) is 3.12. The van der Waals surface area contributed by atoms with Crippen molar-refractivity contribution in [3.63, 3.8) is 0 Å². The third kappa shape index (κ3) is 1.01. The Morgan fingerprint density at radius 3 is 2.80 bits per heavy atom. The second-order valence-corrected chi connectivity index (χ2v) is 2.27. The lowest BCUT2D eigenvalue weighted by molar-refractivity contribution is 0.525. The molecule has 0 radical (unpaired) electrons. The molecule has 0 spiro atoms. The van der Waals surface area contributed by atoms with Crippen LogP contribution >= 0.6 is 0 Å². The van der Waals surface area contributed by atoms with E-state index in [4.69, 9.17) is 6.42 Å². The number of aromatic nitrogens is 3. The quantitative estimate of drug-likeness (QED) is 0.534. The maximum atomic E-state index is 5.16. The van der Waals surface area contributed by atoms with Gasteiger partial charge in [-0.05, 0) is 19.8 Å². The molecule has 3 nitrogen and oxygen atoms in total. The van der Waals surface area contributed by atoms with E-state index >= 15 is 0 Å². The van der Waals surface area contributed by atoms with Crippen LogP contribution in [0.25, 0.3) is 0 Å². The predicted octanol–water partition coefficient (Wildman–Crippen LogP) is 0.840. The number of hydrogen-bond acceptors (Lipinski definition) is 2. The minimum absolute atomic E-state index is 0.286. The van der Waals surface area contributed by atoms with Gasteiger partial charge in [0.25, 0.3) is 0 Å². The van der Waals surface area contributed by atoms with Gasteiger partial charge in [-0.15, -0.1) is 6.42 Å². The fourth-order valence-electron chi connectivity index (χ4n) is 0.731. The monoisotopic (exact) mass is 135 g/mol. The standard InChI is InChI=1S/C7H9N3/c1-4-7-8-5-9-10(7)6(2)3/h1,5-6H,2-3H3. The van der Waals surface area contributed by atoms with Gasteiger partial charge in [0.05, 0.1) is 0 Å². The summed E-state index contributed by atoms with van der Waals surface area (Å²) in [7, 11) is 0. The Bertz CT molecular complexity index is 254. The number of nitrogens with zero attached hydrogens (tertiary/aromatic N) is 3. The highest BCUT2D eigenvalue weighted by Gasteiger charge is 2.02. The van der Waals surface area contributed by atoms with E-state index in [-0.39, 0.29) is 6.04 Å². The summed E-state index contributed by atoms with van der Waals surface area (Å²) >= 11 is 0. The predicted molar refractivity (Wildman–Crippen MR) is 38.3 cm³/mol. The van der Waals surface area contributed by atoms with E-state index < -0.39 is 0 Å². The van der Waals surface area contributed by atoms with Gasteiger partial charge >= 0.3 is 0 Å². The average molecular weight is 135 g/mol. The van der Waals surface area contributed by atoms with Crippen LogP contribution in [0.1, 0.15) is 25.7 Å². The summed E-state index contributed by atoms with van der Waals surface area (Å²) in [5, 5.41) is 3.95. The number of hydrogen-bond donors (Lipinski definition) is 0. The van der Waals surface area contributed by atoms with Gasteiger partial charge in [-0.3, -0.25) is 0 Å². The third-order valence-electron chi connectivity index (χ3n) is 1.19. The Morgan fingerprint density at radius 2 is 2.40 bits per heavy atom. The first-order chi connectivity index (χ1) is 4.75. The molecule has 0 atom stereocenters. The first-order valence-corrected chi connectivity index (χ1v) is 3.12. The van der Waals surface area contributed by atoms with Gasteiger partial charge < -0.3 is 0 Å². The van der Waals surface area contributed by atoms with Crippen LogP contribution in [0.15, 0.2) is 6.33 Å². The molecule has 0 saturated carbocycles. The van der Waals surface area contributed by atoms with E-state index in [1.54, 1.807) is 4.68 Å². The zero-order chi connectivity index (χ0) is 7.56. The highest BCUT2D eigenvalue weighted by Crippen LogP contribution is 2.02. The van der Waals surface area contributed by atoms with Crippen LogP contribution in [0, 0.1) is 12.3 Å². The summed E-state index contributed by atoms with van der Waals surface area (Å²) in [6, 6.07) is 0.286. The fourth-order valence-corrected chi connectivity index (χ4v) is 0.731. The van der Waals surface area contributed by atoms with Crippen molar-refractivity contribution in [2.24, 2.45) is 0 Å². The molecular weight excluding hydrogens is 126 g/mol. The molecule has 0 fully saturated rings. The Kier molecular flexibility index (Phi) is 1.72. The molecule has 0 unspecified atom stereocenters. The molecule has 0 amide bonds.